The molecule has 0 spiro atoms. The van der Waals surface area contributed by atoms with Crippen molar-refractivity contribution in [1.82, 2.24) is 9.80 Å². The third-order valence-electron chi connectivity index (χ3n) is 6.58. The maximum absolute atomic E-state index is 13.7. The van der Waals surface area contributed by atoms with Gasteiger partial charge in [0.1, 0.15) is 18.2 Å². The molecule has 2 aliphatic heterocycles. The number of halogens is 1. The molecule has 2 aromatic carbocycles. The maximum atomic E-state index is 13.7. The number of carbonyl (C=O) groups excluding carboxylic acids is 1. The van der Waals surface area contributed by atoms with E-state index in [1.165, 1.54) is 6.07 Å². The Morgan fingerprint density at radius 3 is 2.75 bits per heavy atom. The number of fused-ring (bicyclic) bond motifs is 2. The molecule has 1 amide bonds. The summed E-state index contributed by atoms with van der Waals surface area (Å²) in [4.78, 5) is 17.8. The van der Waals surface area contributed by atoms with Crippen molar-refractivity contribution < 1.29 is 18.7 Å². The minimum absolute atomic E-state index is 0.0308. The Morgan fingerprint density at radius 1 is 1.03 bits per heavy atom. The zero-order valence-electron chi connectivity index (χ0n) is 18.8. The molecule has 4 rings (SSSR count). The van der Waals surface area contributed by atoms with E-state index in [1.54, 1.807) is 19.2 Å². The number of hydrogen-bond donors (Lipinski definition) is 0. The Hall–Kier alpha value is -2.44. The summed E-state index contributed by atoms with van der Waals surface area (Å²) in [6.07, 6.45) is 4.93. The first-order chi connectivity index (χ1) is 15.7. The third kappa shape index (κ3) is 5.48. The molecule has 5 nitrogen and oxygen atoms in total. The molecule has 1 fully saturated rings. The number of amides is 1. The van der Waals surface area contributed by atoms with Crippen LogP contribution in [0.5, 0.6) is 5.75 Å². The molecule has 1 saturated heterocycles. The SMILES string of the molecule is CO[C@H]1CCCN2C(=O)c3ccccc3OCCN(Cc3cccc(F)c3)CCCC[C@@H]12. The van der Waals surface area contributed by atoms with Crippen LogP contribution in [-0.4, -0.2) is 61.2 Å². The molecule has 0 N–H and O–H groups in total. The predicted octanol–water partition coefficient (Wildman–Crippen LogP) is 4.51. The van der Waals surface area contributed by atoms with Crippen molar-refractivity contribution in [3.63, 3.8) is 0 Å². The quantitative estimate of drug-likeness (QED) is 0.704. The van der Waals surface area contributed by atoms with Crippen LogP contribution in [-0.2, 0) is 11.3 Å². The lowest BCUT2D eigenvalue weighted by atomic mass is 9.93. The van der Waals surface area contributed by atoms with E-state index in [4.69, 9.17) is 9.47 Å². The molecule has 2 atom stereocenters. The number of rotatable bonds is 3. The summed E-state index contributed by atoms with van der Waals surface area (Å²) in [5.74, 6) is 0.448. The average molecular weight is 441 g/mol. The second kappa shape index (κ2) is 10.9. The molecule has 172 valence electrons. The molecule has 0 radical (unpaired) electrons. The molecule has 0 aromatic heterocycles. The van der Waals surface area contributed by atoms with Crippen molar-refractivity contribution >= 4 is 5.91 Å². The van der Waals surface area contributed by atoms with Gasteiger partial charge in [-0.2, -0.15) is 0 Å². The van der Waals surface area contributed by atoms with Gasteiger partial charge < -0.3 is 14.4 Å². The molecule has 2 heterocycles. The van der Waals surface area contributed by atoms with Crippen LogP contribution in [0.25, 0.3) is 0 Å². The zero-order valence-corrected chi connectivity index (χ0v) is 18.8. The van der Waals surface area contributed by atoms with Crippen LogP contribution in [0.2, 0.25) is 0 Å². The lowest BCUT2D eigenvalue weighted by Gasteiger charge is -2.41. The number of benzene rings is 2. The fourth-order valence-corrected chi connectivity index (χ4v) is 4.95. The van der Waals surface area contributed by atoms with Crippen molar-refractivity contribution in [3.05, 3.63) is 65.5 Å². The van der Waals surface area contributed by atoms with Crippen LogP contribution in [0.3, 0.4) is 0 Å². The Balaban J connectivity index is 1.56. The fraction of sp³-hybridized carbons (Fsp3) is 0.500. The van der Waals surface area contributed by atoms with E-state index in [0.29, 0.717) is 31.0 Å². The molecule has 2 aliphatic rings. The summed E-state index contributed by atoms with van der Waals surface area (Å²) in [5, 5.41) is 0. The second-order valence-corrected chi connectivity index (χ2v) is 8.73. The van der Waals surface area contributed by atoms with Gasteiger partial charge in [0.25, 0.3) is 5.91 Å². The Bertz CT molecular complexity index is 906. The number of hydrogen-bond acceptors (Lipinski definition) is 4. The van der Waals surface area contributed by atoms with Crippen LogP contribution in [0.1, 0.15) is 48.0 Å². The van der Waals surface area contributed by atoms with E-state index >= 15 is 0 Å². The first-order valence-electron chi connectivity index (χ1n) is 11.7. The normalized spacial score (nSPS) is 23.2. The summed E-state index contributed by atoms with van der Waals surface area (Å²) in [5.41, 5.74) is 1.58. The second-order valence-electron chi connectivity index (χ2n) is 8.73. The summed E-state index contributed by atoms with van der Waals surface area (Å²) in [6.45, 7) is 3.53. The minimum Gasteiger partial charge on any atom is -0.491 e. The summed E-state index contributed by atoms with van der Waals surface area (Å²) in [7, 11) is 1.75. The van der Waals surface area contributed by atoms with Crippen LogP contribution in [0.4, 0.5) is 4.39 Å². The number of nitrogens with zero attached hydrogens (tertiary/aromatic N) is 2. The lowest BCUT2D eigenvalue weighted by molar-refractivity contribution is -0.0155. The monoisotopic (exact) mass is 440 g/mol. The van der Waals surface area contributed by atoms with E-state index in [1.807, 2.05) is 35.2 Å². The minimum atomic E-state index is -0.208. The maximum Gasteiger partial charge on any atom is 0.257 e. The highest BCUT2D eigenvalue weighted by Gasteiger charge is 2.35. The Labute approximate surface area is 190 Å². The van der Waals surface area contributed by atoms with Gasteiger partial charge in [-0.15, -0.1) is 0 Å². The van der Waals surface area contributed by atoms with Gasteiger partial charge in [0.05, 0.1) is 17.7 Å². The van der Waals surface area contributed by atoms with E-state index in [9.17, 15) is 9.18 Å². The number of carbonyl (C=O) groups is 1. The summed E-state index contributed by atoms with van der Waals surface area (Å²) < 4.78 is 25.6. The van der Waals surface area contributed by atoms with E-state index in [-0.39, 0.29) is 23.9 Å². The topological polar surface area (TPSA) is 42.0 Å². The molecule has 0 aliphatic carbocycles. The largest absolute Gasteiger partial charge is 0.491 e. The van der Waals surface area contributed by atoms with E-state index in [0.717, 1.165) is 50.8 Å². The molecular formula is C26H33FN2O3. The van der Waals surface area contributed by atoms with Crippen LogP contribution in [0.15, 0.2) is 48.5 Å². The number of para-hydroxylation sites is 1. The third-order valence-corrected chi connectivity index (χ3v) is 6.58. The van der Waals surface area contributed by atoms with Crippen LogP contribution in [0, 0.1) is 5.82 Å². The Morgan fingerprint density at radius 2 is 1.91 bits per heavy atom. The number of piperidine rings is 1. The van der Waals surface area contributed by atoms with Gasteiger partial charge in [0.2, 0.25) is 0 Å². The van der Waals surface area contributed by atoms with E-state index in [2.05, 4.69) is 4.90 Å². The summed E-state index contributed by atoms with van der Waals surface area (Å²) >= 11 is 0. The molecule has 6 heteroatoms. The number of ether oxygens (including phenoxy) is 2. The fourth-order valence-electron chi connectivity index (χ4n) is 4.95. The first-order valence-corrected chi connectivity index (χ1v) is 11.7. The first kappa shape index (κ1) is 22.7. The predicted molar refractivity (Wildman–Crippen MR) is 122 cm³/mol. The van der Waals surface area contributed by atoms with Gasteiger partial charge in [-0.3, -0.25) is 9.69 Å². The highest BCUT2D eigenvalue weighted by atomic mass is 19.1. The summed E-state index contributed by atoms with van der Waals surface area (Å²) in [6, 6.07) is 14.4. The molecular weight excluding hydrogens is 407 g/mol. The van der Waals surface area contributed by atoms with Crippen molar-refractivity contribution in [3.8, 4) is 5.75 Å². The molecule has 2 aromatic rings. The van der Waals surface area contributed by atoms with Gasteiger partial charge in [0, 0.05) is 26.7 Å². The van der Waals surface area contributed by atoms with Crippen molar-refractivity contribution in [1.29, 1.82) is 0 Å². The standard InChI is InChI=1S/C26H33FN2O3/c1-31-25-13-7-15-29-23(25)11-4-5-14-28(19-20-8-6-9-21(27)18-20)16-17-32-24-12-3-2-10-22(24)26(29)30/h2-3,6,8-10,12,18,23,25H,4-5,7,11,13-17,19H2,1H3/t23-,25-/m0/s1. The van der Waals surface area contributed by atoms with Crippen molar-refractivity contribution in [2.24, 2.45) is 0 Å². The average Bonchev–Trinajstić information content (AvgIpc) is 2.82. The van der Waals surface area contributed by atoms with Crippen molar-refractivity contribution in [2.75, 3.05) is 33.4 Å². The molecule has 0 bridgehead atoms. The van der Waals surface area contributed by atoms with Gasteiger partial charge in [0.15, 0.2) is 0 Å². The van der Waals surface area contributed by atoms with Gasteiger partial charge in [-0.05, 0) is 62.1 Å². The van der Waals surface area contributed by atoms with Crippen LogP contribution < -0.4 is 4.74 Å². The van der Waals surface area contributed by atoms with Gasteiger partial charge in [-0.1, -0.05) is 30.7 Å². The highest BCUT2D eigenvalue weighted by molar-refractivity contribution is 5.97. The Kier molecular flexibility index (Phi) is 7.76. The highest BCUT2D eigenvalue weighted by Crippen LogP contribution is 2.29. The zero-order chi connectivity index (χ0) is 22.3. The van der Waals surface area contributed by atoms with Gasteiger partial charge in [-0.25, -0.2) is 4.39 Å². The van der Waals surface area contributed by atoms with Crippen LogP contribution >= 0.6 is 0 Å². The lowest BCUT2D eigenvalue weighted by Crippen LogP contribution is -2.51. The van der Waals surface area contributed by atoms with Gasteiger partial charge >= 0.3 is 0 Å². The molecule has 0 saturated carbocycles. The molecule has 32 heavy (non-hydrogen) atoms. The molecule has 0 unspecified atom stereocenters. The van der Waals surface area contributed by atoms with E-state index < -0.39 is 0 Å². The smallest absolute Gasteiger partial charge is 0.257 e. The number of methoxy groups -OCH3 is 1. The van der Waals surface area contributed by atoms with Crippen molar-refractivity contribution in [2.45, 2.75) is 50.8 Å².